The summed E-state index contributed by atoms with van der Waals surface area (Å²) in [7, 11) is -1.79. The second kappa shape index (κ2) is 9.04. The molecule has 3 nitrogen and oxygen atoms in total. The first kappa shape index (κ1) is 22.3. The molecule has 2 atom stereocenters. The first-order chi connectivity index (χ1) is 12.6. The molecule has 1 aliphatic heterocycles. The van der Waals surface area contributed by atoms with Crippen molar-refractivity contribution in [2.75, 3.05) is 13.2 Å². The fourth-order valence-corrected chi connectivity index (χ4v) is 4.89. The number of likely N-dealkylation sites (tertiary alicyclic amines) is 1. The Morgan fingerprint density at radius 3 is 2.52 bits per heavy atom. The van der Waals surface area contributed by atoms with E-state index in [2.05, 4.69) is 75.7 Å². The molecule has 0 aliphatic carbocycles. The lowest BCUT2D eigenvalue weighted by molar-refractivity contribution is -0.0554. The van der Waals surface area contributed by atoms with Crippen LogP contribution >= 0.6 is 0 Å². The van der Waals surface area contributed by atoms with Crippen LogP contribution in [0.5, 0.6) is 0 Å². The minimum Gasteiger partial charge on any atom is -0.415 e. The summed E-state index contributed by atoms with van der Waals surface area (Å²) in [6.45, 7) is 17.2. The highest BCUT2D eigenvalue weighted by molar-refractivity contribution is 6.74. The van der Waals surface area contributed by atoms with Crippen LogP contribution in [0.2, 0.25) is 18.1 Å². The molecule has 0 spiro atoms. The largest absolute Gasteiger partial charge is 0.415 e. The molecule has 0 saturated carbocycles. The van der Waals surface area contributed by atoms with E-state index < -0.39 is 8.32 Å². The molecule has 1 saturated heterocycles. The summed E-state index contributed by atoms with van der Waals surface area (Å²) < 4.78 is 6.61. The van der Waals surface area contributed by atoms with Crippen LogP contribution in [0.15, 0.2) is 43.0 Å². The summed E-state index contributed by atoms with van der Waals surface area (Å²) in [5.41, 5.74) is 1.07. The number of aliphatic hydroxyl groups is 1. The lowest BCUT2D eigenvalue weighted by atomic mass is 9.81. The third-order valence-electron chi connectivity index (χ3n) is 6.69. The Morgan fingerprint density at radius 1 is 1.30 bits per heavy atom. The smallest absolute Gasteiger partial charge is 0.192 e. The van der Waals surface area contributed by atoms with Crippen molar-refractivity contribution < 1.29 is 9.53 Å². The molecule has 4 heteroatoms. The number of piperidine rings is 1. The first-order valence-corrected chi connectivity index (χ1v) is 13.2. The maximum absolute atomic E-state index is 10.4. The van der Waals surface area contributed by atoms with Gasteiger partial charge in [0.2, 0.25) is 0 Å². The van der Waals surface area contributed by atoms with Crippen LogP contribution < -0.4 is 0 Å². The standard InChI is InChI=1S/C23H39NO2Si/c1-7-15-23(19-25)16-11-14-21(18-26-27(5,6)22(2,3)4)24(23)17-20-12-9-8-10-13-20/h7-10,12-13,21,25H,1,11,14-19H2,2-6H3/t21-,23+/m1/s1. The van der Waals surface area contributed by atoms with E-state index in [1.54, 1.807) is 0 Å². The van der Waals surface area contributed by atoms with Crippen molar-refractivity contribution in [2.45, 2.75) is 82.7 Å². The lowest BCUT2D eigenvalue weighted by Crippen LogP contribution is -2.60. The van der Waals surface area contributed by atoms with Crippen molar-refractivity contribution in [2.24, 2.45) is 0 Å². The van der Waals surface area contributed by atoms with E-state index in [4.69, 9.17) is 4.43 Å². The van der Waals surface area contributed by atoms with Gasteiger partial charge in [-0.15, -0.1) is 6.58 Å². The molecule has 1 aromatic rings. The van der Waals surface area contributed by atoms with Crippen molar-refractivity contribution in [3.05, 3.63) is 48.6 Å². The summed E-state index contributed by atoms with van der Waals surface area (Å²) >= 11 is 0. The SMILES string of the molecule is C=CC[C@@]1(CO)CCC[C@H](CO[Si](C)(C)C(C)(C)C)N1Cc1ccccc1. The van der Waals surface area contributed by atoms with Gasteiger partial charge in [-0.25, -0.2) is 0 Å². The minimum absolute atomic E-state index is 0.169. The van der Waals surface area contributed by atoms with Gasteiger partial charge in [-0.3, -0.25) is 4.90 Å². The van der Waals surface area contributed by atoms with Crippen molar-refractivity contribution >= 4 is 8.32 Å². The lowest BCUT2D eigenvalue weighted by Gasteiger charge is -2.51. The fraction of sp³-hybridized carbons (Fsp3) is 0.652. The van der Waals surface area contributed by atoms with Gasteiger partial charge in [0, 0.05) is 24.7 Å². The average Bonchev–Trinajstić information content (AvgIpc) is 2.62. The van der Waals surface area contributed by atoms with Crippen LogP contribution in [0.1, 0.15) is 52.0 Å². The Balaban J connectivity index is 2.25. The van der Waals surface area contributed by atoms with Crippen molar-refractivity contribution in [3.8, 4) is 0 Å². The topological polar surface area (TPSA) is 32.7 Å². The quantitative estimate of drug-likeness (QED) is 0.479. The van der Waals surface area contributed by atoms with Gasteiger partial charge in [0.05, 0.1) is 6.61 Å². The average molecular weight is 390 g/mol. The molecule has 1 heterocycles. The molecule has 0 amide bonds. The number of hydrogen-bond donors (Lipinski definition) is 1. The fourth-order valence-electron chi connectivity index (χ4n) is 3.85. The zero-order chi connectivity index (χ0) is 20.1. The van der Waals surface area contributed by atoms with E-state index in [0.717, 1.165) is 38.8 Å². The van der Waals surface area contributed by atoms with Gasteiger partial charge < -0.3 is 9.53 Å². The Kier molecular flexibility index (Phi) is 7.48. The predicted octanol–water partition coefficient (Wildman–Crippen LogP) is 5.37. The van der Waals surface area contributed by atoms with Gasteiger partial charge in [-0.2, -0.15) is 0 Å². The molecule has 1 N–H and O–H groups in total. The van der Waals surface area contributed by atoms with Crippen molar-refractivity contribution in [1.82, 2.24) is 4.90 Å². The van der Waals surface area contributed by atoms with Gasteiger partial charge in [0.1, 0.15) is 0 Å². The summed E-state index contributed by atoms with van der Waals surface area (Å²) in [6.07, 6.45) is 6.04. The zero-order valence-electron chi connectivity index (χ0n) is 18.0. The molecule has 2 rings (SSSR count). The van der Waals surface area contributed by atoms with E-state index in [-0.39, 0.29) is 17.2 Å². The highest BCUT2D eigenvalue weighted by Gasteiger charge is 2.44. The van der Waals surface area contributed by atoms with Gasteiger partial charge in [0.25, 0.3) is 0 Å². The predicted molar refractivity (Wildman–Crippen MR) is 117 cm³/mol. The van der Waals surface area contributed by atoms with Crippen LogP contribution in [-0.4, -0.2) is 43.1 Å². The number of aliphatic hydroxyl groups excluding tert-OH is 1. The van der Waals surface area contributed by atoms with Crippen LogP contribution in [0.4, 0.5) is 0 Å². The van der Waals surface area contributed by atoms with E-state index in [1.807, 2.05) is 6.08 Å². The van der Waals surface area contributed by atoms with E-state index in [0.29, 0.717) is 6.04 Å². The van der Waals surface area contributed by atoms with Gasteiger partial charge >= 0.3 is 0 Å². The van der Waals surface area contributed by atoms with Gasteiger partial charge in [-0.1, -0.05) is 57.2 Å². The van der Waals surface area contributed by atoms with Gasteiger partial charge in [-0.05, 0) is 49.4 Å². The molecule has 1 fully saturated rings. The van der Waals surface area contributed by atoms with E-state index in [1.165, 1.54) is 5.56 Å². The molecule has 0 bridgehead atoms. The number of benzene rings is 1. The summed E-state index contributed by atoms with van der Waals surface area (Å²) in [6, 6.07) is 10.9. The molecule has 0 radical (unpaired) electrons. The number of nitrogens with zero attached hydrogens (tertiary/aromatic N) is 1. The van der Waals surface area contributed by atoms with Crippen molar-refractivity contribution in [1.29, 1.82) is 0 Å². The second-order valence-electron chi connectivity index (χ2n) is 9.61. The zero-order valence-corrected chi connectivity index (χ0v) is 19.0. The third kappa shape index (κ3) is 5.32. The molecule has 0 aromatic heterocycles. The molecular formula is C23H39NO2Si. The normalized spacial score (nSPS) is 24.7. The molecular weight excluding hydrogens is 350 g/mol. The van der Waals surface area contributed by atoms with Crippen LogP contribution in [0.3, 0.4) is 0 Å². The van der Waals surface area contributed by atoms with E-state index >= 15 is 0 Å². The van der Waals surface area contributed by atoms with Crippen LogP contribution in [0, 0.1) is 0 Å². The molecule has 1 aliphatic rings. The summed E-state index contributed by atoms with van der Waals surface area (Å²) in [5.74, 6) is 0. The Labute approximate surface area is 167 Å². The molecule has 0 unspecified atom stereocenters. The Bertz CT molecular complexity index is 596. The van der Waals surface area contributed by atoms with Gasteiger partial charge in [0.15, 0.2) is 8.32 Å². The van der Waals surface area contributed by atoms with Crippen molar-refractivity contribution in [3.63, 3.8) is 0 Å². The van der Waals surface area contributed by atoms with Crippen LogP contribution in [-0.2, 0) is 11.0 Å². The second-order valence-corrected chi connectivity index (χ2v) is 14.4. The Hall–Kier alpha value is -0.943. The van der Waals surface area contributed by atoms with E-state index in [9.17, 15) is 5.11 Å². The number of rotatable bonds is 8. The molecule has 1 aromatic carbocycles. The van der Waals surface area contributed by atoms with Crippen LogP contribution in [0.25, 0.3) is 0 Å². The third-order valence-corrected chi connectivity index (χ3v) is 11.2. The Morgan fingerprint density at radius 2 is 1.96 bits per heavy atom. The maximum Gasteiger partial charge on any atom is 0.192 e. The first-order valence-electron chi connectivity index (χ1n) is 10.3. The molecule has 27 heavy (non-hydrogen) atoms. The monoisotopic (exact) mass is 389 g/mol. The highest BCUT2D eigenvalue weighted by atomic mass is 28.4. The number of hydrogen-bond acceptors (Lipinski definition) is 3. The maximum atomic E-state index is 10.4. The summed E-state index contributed by atoms with van der Waals surface area (Å²) in [5, 5.41) is 10.6. The minimum atomic E-state index is -1.79. The summed E-state index contributed by atoms with van der Waals surface area (Å²) in [4.78, 5) is 2.51. The highest BCUT2D eigenvalue weighted by Crippen LogP contribution is 2.39. The molecule has 152 valence electrons.